The van der Waals surface area contributed by atoms with E-state index < -0.39 is 0 Å². The van der Waals surface area contributed by atoms with Crippen molar-refractivity contribution in [1.29, 1.82) is 0 Å². The van der Waals surface area contributed by atoms with E-state index >= 15 is 0 Å². The molecule has 0 N–H and O–H groups in total. The van der Waals surface area contributed by atoms with E-state index in [0.29, 0.717) is 49.9 Å². The predicted molar refractivity (Wildman–Crippen MR) is 152 cm³/mol. The summed E-state index contributed by atoms with van der Waals surface area (Å²) in [6.07, 6.45) is 1.56. The van der Waals surface area contributed by atoms with Crippen molar-refractivity contribution in [2.45, 2.75) is 33.3 Å². The summed E-state index contributed by atoms with van der Waals surface area (Å²) in [5.74, 6) is 1.40. The van der Waals surface area contributed by atoms with Gasteiger partial charge < -0.3 is 9.47 Å². The molecule has 0 amide bonds. The number of ether oxygens (including phenoxy) is 2. The zero-order valence-corrected chi connectivity index (χ0v) is 24.1. The highest BCUT2D eigenvalue weighted by atomic mass is 79.9. The second-order valence-corrected chi connectivity index (χ2v) is 10.6. The number of methoxy groups -OCH3 is 1. The third-order valence-electron chi connectivity index (χ3n) is 5.50. The normalized spacial score (nSPS) is 11.6. The van der Waals surface area contributed by atoms with Crippen molar-refractivity contribution < 1.29 is 9.47 Å². The van der Waals surface area contributed by atoms with E-state index in [2.05, 4.69) is 48.0 Å². The monoisotopic (exact) mass is 631 g/mol. The molecule has 186 valence electrons. The molecule has 0 aliphatic heterocycles. The highest BCUT2D eigenvalue weighted by Crippen LogP contribution is 2.42. The summed E-state index contributed by atoms with van der Waals surface area (Å²) < 4.78 is 14.3. The number of hydrogen-bond donors (Lipinski definition) is 0. The lowest BCUT2D eigenvalue weighted by atomic mass is 10.1. The molecule has 0 aliphatic carbocycles. The molecule has 0 unspecified atom stereocenters. The van der Waals surface area contributed by atoms with Gasteiger partial charge in [0, 0.05) is 20.4 Å². The first-order chi connectivity index (χ1) is 17.2. The topological polar surface area (TPSA) is 65.7 Å². The van der Waals surface area contributed by atoms with Gasteiger partial charge in [0.1, 0.15) is 17.5 Å². The van der Waals surface area contributed by atoms with Crippen LogP contribution in [0.15, 0.2) is 67.4 Å². The van der Waals surface area contributed by atoms with Crippen molar-refractivity contribution in [1.82, 2.24) is 9.66 Å². The molecule has 0 atom stereocenters. The van der Waals surface area contributed by atoms with Crippen molar-refractivity contribution >= 4 is 60.6 Å². The van der Waals surface area contributed by atoms with Crippen LogP contribution >= 0.6 is 43.5 Å². The molecule has 0 saturated heterocycles. The van der Waals surface area contributed by atoms with Crippen molar-refractivity contribution in [2.24, 2.45) is 5.10 Å². The number of rotatable bonds is 7. The molecule has 0 bridgehead atoms. The number of aromatic nitrogens is 2. The summed E-state index contributed by atoms with van der Waals surface area (Å²) in [5.41, 5.74) is 3.16. The van der Waals surface area contributed by atoms with Crippen LogP contribution in [0.25, 0.3) is 10.9 Å². The van der Waals surface area contributed by atoms with E-state index in [4.69, 9.17) is 21.1 Å². The SMILES string of the molecule is COc1cc(C=Nn2c(C(C)C)nc3ccc(Br)cc3c2=O)c(Br)c(Cl)c1OCc1cccc(C)c1. The standard InChI is InChI=1S/C27H24Br2ClN3O3/c1-15(2)26-32-21-9-8-19(28)12-20(21)27(34)33(26)31-13-18-11-22(35-4)25(24(30)23(18)29)36-14-17-7-5-6-16(3)10-17/h5-13,15H,14H2,1-4H3. The van der Waals surface area contributed by atoms with Crippen molar-refractivity contribution in [2.75, 3.05) is 7.11 Å². The van der Waals surface area contributed by atoms with Crippen LogP contribution in [0.5, 0.6) is 11.5 Å². The Morgan fingerprint density at radius 3 is 2.64 bits per heavy atom. The van der Waals surface area contributed by atoms with Crippen LogP contribution in [0.1, 0.15) is 42.3 Å². The van der Waals surface area contributed by atoms with Gasteiger partial charge in [-0.2, -0.15) is 9.78 Å². The Morgan fingerprint density at radius 2 is 1.94 bits per heavy atom. The molecule has 0 saturated carbocycles. The summed E-state index contributed by atoms with van der Waals surface area (Å²) in [6.45, 7) is 6.30. The van der Waals surface area contributed by atoms with E-state index in [1.807, 2.05) is 51.1 Å². The van der Waals surface area contributed by atoms with Crippen molar-refractivity contribution in [3.05, 3.63) is 95.4 Å². The summed E-state index contributed by atoms with van der Waals surface area (Å²) in [5, 5.41) is 5.32. The summed E-state index contributed by atoms with van der Waals surface area (Å²) in [4.78, 5) is 18.0. The second kappa shape index (κ2) is 11.2. The average Bonchev–Trinajstić information content (AvgIpc) is 2.85. The molecule has 4 rings (SSSR count). The smallest absolute Gasteiger partial charge is 0.282 e. The van der Waals surface area contributed by atoms with E-state index in [0.717, 1.165) is 15.6 Å². The molecule has 3 aromatic carbocycles. The van der Waals surface area contributed by atoms with Gasteiger partial charge in [-0.3, -0.25) is 4.79 Å². The van der Waals surface area contributed by atoms with Crippen LogP contribution in [0.2, 0.25) is 5.02 Å². The van der Waals surface area contributed by atoms with Crippen LogP contribution in [0.4, 0.5) is 0 Å². The third-order valence-corrected chi connectivity index (χ3v) is 7.44. The lowest BCUT2D eigenvalue weighted by molar-refractivity contribution is 0.284. The zero-order valence-electron chi connectivity index (χ0n) is 20.2. The molecule has 0 aliphatic rings. The molecule has 4 aromatic rings. The Kier molecular flexibility index (Phi) is 8.17. The van der Waals surface area contributed by atoms with E-state index in [-0.39, 0.29) is 11.5 Å². The van der Waals surface area contributed by atoms with E-state index in [9.17, 15) is 4.79 Å². The molecular weight excluding hydrogens is 610 g/mol. The van der Waals surface area contributed by atoms with Gasteiger partial charge in [0.25, 0.3) is 5.56 Å². The first kappa shape index (κ1) is 26.4. The number of hydrogen-bond acceptors (Lipinski definition) is 5. The number of aryl methyl sites for hydroxylation is 1. The van der Waals surface area contributed by atoms with Gasteiger partial charge in [0.15, 0.2) is 11.5 Å². The highest BCUT2D eigenvalue weighted by molar-refractivity contribution is 9.10. The maximum Gasteiger partial charge on any atom is 0.282 e. The predicted octanol–water partition coefficient (Wildman–Crippen LogP) is 7.48. The summed E-state index contributed by atoms with van der Waals surface area (Å²) >= 11 is 13.6. The van der Waals surface area contributed by atoms with Gasteiger partial charge in [-0.05, 0) is 52.7 Å². The van der Waals surface area contributed by atoms with Crippen LogP contribution in [0.3, 0.4) is 0 Å². The van der Waals surface area contributed by atoms with Crippen LogP contribution in [-0.2, 0) is 6.61 Å². The molecule has 1 heterocycles. The minimum absolute atomic E-state index is 0.0261. The molecule has 0 spiro atoms. The third kappa shape index (κ3) is 5.51. The van der Waals surface area contributed by atoms with Crippen LogP contribution < -0.4 is 15.0 Å². The fraction of sp³-hybridized carbons (Fsp3) is 0.222. The number of nitrogens with zero attached hydrogens (tertiary/aromatic N) is 3. The molecule has 6 nitrogen and oxygen atoms in total. The molecule has 36 heavy (non-hydrogen) atoms. The van der Waals surface area contributed by atoms with Gasteiger partial charge in [0.05, 0.1) is 24.2 Å². The van der Waals surface area contributed by atoms with Gasteiger partial charge in [-0.15, -0.1) is 0 Å². The van der Waals surface area contributed by atoms with Gasteiger partial charge >= 0.3 is 0 Å². The minimum Gasteiger partial charge on any atom is -0.493 e. The maximum absolute atomic E-state index is 13.3. The Hall–Kier alpha value is -2.68. The van der Waals surface area contributed by atoms with Crippen molar-refractivity contribution in [3.8, 4) is 11.5 Å². The maximum atomic E-state index is 13.3. The largest absolute Gasteiger partial charge is 0.493 e. The summed E-state index contributed by atoms with van der Waals surface area (Å²) in [6, 6.07) is 15.2. The number of benzene rings is 3. The van der Waals surface area contributed by atoms with E-state index in [1.54, 1.807) is 25.5 Å². The lowest BCUT2D eigenvalue weighted by Gasteiger charge is -2.16. The highest BCUT2D eigenvalue weighted by Gasteiger charge is 2.18. The Balaban J connectivity index is 1.74. The van der Waals surface area contributed by atoms with Gasteiger partial charge in [-0.1, -0.05) is 71.2 Å². The van der Waals surface area contributed by atoms with Gasteiger partial charge in [0.2, 0.25) is 0 Å². The Labute approximate surface area is 231 Å². The van der Waals surface area contributed by atoms with E-state index in [1.165, 1.54) is 4.68 Å². The fourth-order valence-corrected chi connectivity index (χ4v) is 4.73. The molecule has 9 heteroatoms. The molecule has 0 fully saturated rings. The van der Waals surface area contributed by atoms with Crippen molar-refractivity contribution in [3.63, 3.8) is 0 Å². The Morgan fingerprint density at radius 1 is 1.17 bits per heavy atom. The number of halogens is 3. The average molecular weight is 634 g/mol. The number of fused-ring (bicyclic) bond motifs is 1. The fourth-order valence-electron chi connectivity index (χ4n) is 3.71. The first-order valence-corrected chi connectivity index (χ1v) is 13.2. The van der Waals surface area contributed by atoms with Crippen LogP contribution in [-0.4, -0.2) is 23.0 Å². The Bertz CT molecular complexity index is 1530. The van der Waals surface area contributed by atoms with Crippen LogP contribution in [0, 0.1) is 6.92 Å². The summed E-state index contributed by atoms with van der Waals surface area (Å²) in [7, 11) is 1.55. The zero-order chi connectivity index (χ0) is 26.0. The quantitative estimate of drug-likeness (QED) is 0.198. The molecular formula is C27H24Br2ClN3O3. The lowest BCUT2D eigenvalue weighted by Crippen LogP contribution is -2.23. The minimum atomic E-state index is -0.256. The first-order valence-electron chi connectivity index (χ1n) is 11.2. The molecule has 1 aromatic heterocycles. The van der Waals surface area contributed by atoms with Gasteiger partial charge in [-0.25, -0.2) is 4.98 Å². The second-order valence-electron chi connectivity index (χ2n) is 8.55. The molecule has 0 radical (unpaired) electrons.